The Kier molecular flexibility index (Phi) is 5.74. The Morgan fingerprint density at radius 3 is 2.64 bits per heavy atom. The Labute approximate surface area is 145 Å². The monoisotopic (exact) mass is 424 g/mol. The summed E-state index contributed by atoms with van der Waals surface area (Å²) in [6.45, 7) is 2.00. The number of aromatic hydroxyl groups is 1. The molecule has 0 aliphatic rings. The molecule has 0 fully saturated rings. The highest BCUT2D eigenvalue weighted by atomic mass is 79.9. The van der Waals surface area contributed by atoms with Gasteiger partial charge in [0, 0.05) is 10.0 Å². The molecule has 114 valence electrons. The van der Waals surface area contributed by atoms with Gasteiger partial charge >= 0.3 is 0 Å². The summed E-state index contributed by atoms with van der Waals surface area (Å²) in [6, 6.07) is 11.2. The molecule has 0 heterocycles. The van der Waals surface area contributed by atoms with E-state index < -0.39 is 0 Å². The lowest BCUT2D eigenvalue weighted by atomic mass is 10.1. The van der Waals surface area contributed by atoms with Crippen LogP contribution in [0.1, 0.15) is 16.7 Å². The minimum absolute atomic E-state index is 0.0692. The molecule has 2 aromatic rings. The molecule has 4 nitrogen and oxygen atoms in total. The Morgan fingerprint density at radius 1 is 1.27 bits per heavy atom. The van der Waals surface area contributed by atoms with Gasteiger partial charge in [-0.15, -0.1) is 0 Å². The lowest BCUT2D eigenvalue weighted by Gasteiger charge is -2.03. The first-order valence-electron chi connectivity index (χ1n) is 6.51. The van der Waals surface area contributed by atoms with Crippen LogP contribution in [0.15, 0.2) is 50.4 Å². The van der Waals surface area contributed by atoms with E-state index in [9.17, 15) is 9.90 Å². The lowest BCUT2D eigenvalue weighted by Crippen LogP contribution is -2.19. The summed E-state index contributed by atoms with van der Waals surface area (Å²) in [7, 11) is 0. The summed E-state index contributed by atoms with van der Waals surface area (Å²) in [5.41, 5.74) is 5.02. The number of hydrogen-bond acceptors (Lipinski definition) is 3. The van der Waals surface area contributed by atoms with Crippen LogP contribution in [0.5, 0.6) is 5.75 Å². The maximum absolute atomic E-state index is 11.8. The van der Waals surface area contributed by atoms with E-state index in [2.05, 4.69) is 42.4 Å². The fourth-order valence-corrected chi connectivity index (χ4v) is 3.05. The van der Waals surface area contributed by atoms with Crippen molar-refractivity contribution < 1.29 is 9.90 Å². The van der Waals surface area contributed by atoms with E-state index in [0.29, 0.717) is 10.0 Å². The van der Waals surface area contributed by atoms with Crippen molar-refractivity contribution in [3.8, 4) is 5.75 Å². The summed E-state index contributed by atoms with van der Waals surface area (Å²) in [6.07, 6.45) is 1.66. The van der Waals surface area contributed by atoms with E-state index in [1.54, 1.807) is 12.1 Å². The van der Waals surface area contributed by atoms with Crippen LogP contribution in [0.4, 0.5) is 0 Å². The SMILES string of the molecule is Cc1ccc(CC(=O)N/N=C\c2cc(Br)cc(Br)c2O)cc1. The minimum Gasteiger partial charge on any atom is -0.506 e. The van der Waals surface area contributed by atoms with Crippen molar-refractivity contribution in [2.24, 2.45) is 5.10 Å². The van der Waals surface area contributed by atoms with E-state index >= 15 is 0 Å². The van der Waals surface area contributed by atoms with Gasteiger partial charge in [0.05, 0.1) is 17.1 Å². The molecule has 0 unspecified atom stereocenters. The van der Waals surface area contributed by atoms with Gasteiger partial charge in [0.2, 0.25) is 5.91 Å². The molecule has 0 aliphatic carbocycles. The van der Waals surface area contributed by atoms with E-state index in [1.165, 1.54) is 6.21 Å². The van der Waals surface area contributed by atoms with Crippen LogP contribution in [0.25, 0.3) is 0 Å². The predicted octanol–water partition coefficient (Wildman–Crippen LogP) is 3.92. The van der Waals surface area contributed by atoms with Crippen LogP contribution >= 0.6 is 31.9 Å². The molecule has 0 radical (unpaired) electrons. The quantitative estimate of drug-likeness (QED) is 0.576. The molecule has 0 aliphatic heterocycles. The molecule has 0 atom stereocenters. The molecule has 2 aromatic carbocycles. The normalized spacial score (nSPS) is 10.9. The van der Waals surface area contributed by atoms with Gasteiger partial charge in [0.25, 0.3) is 0 Å². The van der Waals surface area contributed by atoms with Crippen LogP contribution in [0.3, 0.4) is 0 Å². The number of aryl methyl sites for hydroxylation is 1. The molecular weight excluding hydrogens is 412 g/mol. The van der Waals surface area contributed by atoms with Gasteiger partial charge in [-0.25, -0.2) is 5.43 Å². The van der Waals surface area contributed by atoms with Crippen molar-refractivity contribution in [3.05, 3.63) is 62.0 Å². The first-order chi connectivity index (χ1) is 10.5. The van der Waals surface area contributed by atoms with Crippen molar-refractivity contribution in [3.63, 3.8) is 0 Å². The molecule has 22 heavy (non-hydrogen) atoms. The summed E-state index contributed by atoms with van der Waals surface area (Å²) < 4.78 is 1.35. The Hall–Kier alpha value is -1.66. The number of amides is 1. The van der Waals surface area contributed by atoms with Crippen LogP contribution in [0.2, 0.25) is 0 Å². The van der Waals surface area contributed by atoms with E-state index in [4.69, 9.17) is 0 Å². The molecule has 0 saturated carbocycles. The van der Waals surface area contributed by atoms with Crippen LogP contribution in [-0.4, -0.2) is 17.2 Å². The third kappa shape index (κ3) is 4.68. The Morgan fingerprint density at radius 2 is 1.95 bits per heavy atom. The van der Waals surface area contributed by atoms with Crippen molar-refractivity contribution >= 4 is 44.0 Å². The largest absolute Gasteiger partial charge is 0.506 e. The van der Waals surface area contributed by atoms with Crippen LogP contribution < -0.4 is 5.43 Å². The number of nitrogens with one attached hydrogen (secondary N) is 1. The third-order valence-corrected chi connectivity index (χ3v) is 4.00. The van der Waals surface area contributed by atoms with Crippen molar-refractivity contribution in [2.75, 3.05) is 0 Å². The predicted molar refractivity (Wildman–Crippen MR) is 94.1 cm³/mol. The molecule has 2 N–H and O–H groups in total. The third-order valence-electron chi connectivity index (χ3n) is 2.94. The number of nitrogens with zero attached hydrogens (tertiary/aromatic N) is 1. The highest BCUT2D eigenvalue weighted by Gasteiger charge is 2.06. The first kappa shape index (κ1) is 16.7. The van der Waals surface area contributed by atoms with E-state index in [1.807, 2.05) is 31.2 Å². The Balaban J connectivity index is 1.97. The maximum atomic E-state index is 11.8. The minimum atomic E-state index is -0.214. The second-order valence-corrected chi connectivity index (χ2v) is 6.55. The zero-order valence-electron chi connectivity index (χ0n) is 11.8. The number of halogens is 2. The second-order valence-electron chi connectivity index (χ2n) is 4.78. The number of carbonyl (C=O) groups is 1. The zero-order chi connectivity index (χ0) is 16.1. The summed E-state index contributed by atoms with van der Waals surface area (Å²) in [4.78, 5) is 11.8. The number of phenolic OH excluding ortho intramolecular Hbond substituents is 1. The summed E-state index contributed by atoms with van der Waals surface area (Å²) in [5, 5.41) is 13.7. The fraction of sp³-hybridized carbons (Fsp3) is 0.125. The van der Waals surface area contributed by atoms with Gasteiger partial charge in [-0.1, -0.05) is 45.8 Å². The lowest BCUT2D eigenvalue weighted by molar-refractivity contribution is -0.120. The number of hydrogen-bond donors (Lipinski definition) is 2. The van der Waals surface area contributed by atoms with Gasteiger partial charge in [0.1, 0.15) is 5.75 Å². The van der Waals surface area contributed by atoms with Crippen molar-refractivity contribution in [1.29, 1.82) is 0 Å². The first-order valence-corrected chi connectivity index (χ1v) is 8.10. The average molecular weight is 426 g/mol. The molecule has 0 bridgehead atoms. The van der Waals surface area contributed by atoms with Gasteiger partial charge in [-0.2, -0.15) is 5.10 Å². The zero-order valence-corrected chi connectivity index (χ0v) is 15.0. The van der Waals surface area contributed by atoms with Gasteiger partial charge in [-0.3, -0.25) is 4.79 Å². The smallest absolute Gasteiger partial charge is 0.244 e. The number of phenols is 1. The van der Waals surface area contributed by atoms with Crippen LogP contribution in [-0.2, 0) is 11.2 Å². The highest BCUT2D eigenvalue weighted by Crippen LogP contribution is 2.30. The average Bonchev–Trinajstić information content (AvgIpc) is 2.46. The van der Waals surface area contributed by atoms with E-state index in [-0.39, 0.29) is 18.1 Å². The van der Waals surface area contributed by atoms with E-state index in [0.717, 1.165) is 15.6 Å². The topological polar surface area (TPSA) is 61.7 Å². The Bertz CT molecular complexity index is 713. The van der Waals surface area contributed by atoms with Gasteiger partial charge in [-0.05, 0) is 40.5 Å². The molecule has 0 saturated heterocycles. The number of carbonyl (C=O) groups excluding carboxylic acids is 1. The molecule has 1 amide bonds. The number of rotatable bonds is 4. The van der Waals surface area contributed by atoms with Crippen molar-refractivity contribution in [2.45, 2.75) is 13.3 Å². The summed E-state index contributed by atoms with van der Waals surface area (Å²) >= 11 is 6.57. The molecule has 0 aromatic heterocycles. The second kappa shape index (κ2) is 7.56. The summed E-state index contributed by atoms with van der Waals surface area (Å²) in [5.74, 6) is -0.145. The van der Waals surface area contributed by atoms with Crippen molar-refractivity contribution in [1.82, 2.24) is 5.43 Å². The highest BCUT2D eigenvalue weighted by molar-refractivity contribution is 9.11. The molecular formula is C16H14Br2N2O2. The molecule has 2 rings (SSSR count). The molecule has 6 heteroatoms. The van der Waals surface area contributed by atoms with Gasteiger partial charge in [0.15, 0.2) is 0 Å². The maximum Gasteiger partial charge on any atom is 0.244 e. The number of benzene rings is 2. The molecule has 0 spiro atoms. The van der Waals surface area contributed by atoms with Gasteiger partial charge < -0.3 is 5.11 Å². The number of hydrazone groups is 1. The standard InChI is InChI=1S/C16H14Br2N2O2/c1-10-2-4-11(5-3-10)6-15(21)20-19-9-12-7-13(17)8-14(18)16(12)22/h2-5,7-9,22H,6H2,1H3,(H,20,21)/b19-9-. The van der Waals surface area contributed by atoms with Crippen LogP contribution in [0, 0.1) is 6.92 Å². The fourth-order valence-electron chi connectivity index (χ4n) is 1.79.